The molecule has 1 aliphatic heterocycles. The third-order valence-electron chi connectivity index (χ3n) is 6.68. The number of aliphatic carboxylic acids is 2. The van der Waals surface area contributed by atoms with Gasteiger partial charge in [-0.1, -0.05) is 18.2 Å². The van der Waals surface area contributed by atoms with E-state index in [0.29, 0.717) is 18.5 Å². The Balaban J connectivity index is 1.80. The Kier molecular flexibility index (Phi) is 11.0. The van der Waals surface area contributed by atoms with Crippen molar-refractivity contribution in [3.63, 3.8) is 0 Å². The second-order valence-corrected chi connectivity index (χ2v) is 9.78. The van der Waals surface area contributed by atoms with Gasteiger partial charge >= 0.3 is 11.9 Å². The number of nitrogens with zero attached hydrogens (tertiary/aromatic N) is 1. The molecule has 2 aromatic rings. The zero-order valence-electron chi connectivity index (χ0n) is 22.4. The molecule has 3 amide bonds. The lowest BCUT2D eigenvalue weighted by Gasteiger charge is -2.24. The van der Waals surface area contributed by atoms with Crippen LogP contribution in [0.2, 0.25) is 0 Å². The van der Waals surface area contributed by atoms with Gasteiger partial charge in [0, 0.05) is 30.1 Å². The highest BCUT2D eigenvalue weighted by atomic mass is 16.4. The van der Waals surface area contributed by atoms with Crippen LogP contribution in [-0.2, 0) is 30.4 Å². The average molecular weight is 573 g/mol. The van der Waals surface area contributed by atoms with Crippen LogP contribution < -0.4 is 32.7 Å². The normalized spacial score (nSPS) is 16.7. The molecule has 4 atom stereocenters. The highest BCUT2D eigenvalue weighted by Gasteiger charge is 2.33. The van der Waals surface area contributed by atoms with Crippen molar-refractivity contribution in [2.24, 2.45) is 16.5 Å². The highest BCUT2D eigenvalue weighted by molar-refractivity contribution is 5.96. The van der Waals surface area contributed by atoms with E-state index in [-0.39, 0.29) is 31.8 Å². The van der Waals surface area contributed by atoms with E-state index in [0.717, 1.165) is 17.3 Å². The molecule has 41 heavy (non-hydrogen) atoms. The molecule has 1 fully saturated rings. The molecule has 1 aliphatic rings. The summed E-state index contributed by atoms with van der Waals surface area (Å²) < 4.78 is 0. The van der Waals surface area contributed by atoms with Crippen LogP contribution >= 0.6 is 0 Å². The molecule has 0 aliphatic carbocycles. The number of aromatic amines is 1. The molecule has 15 heteroatoms. The number of carbonyl (C=O) groups excluding carboxylic acids is 3. The van der Waals surface area contributed by atoms with E-state index in [4.69, 9.17) is 11.5 Å². The number of H-pyrrole nitrogens is 1. The molecule has 0 radical (unpaired) electrons. The van der Waals surface area contributed by atoms with Gasteiger partial charge in [0.15, 0.2) is 5.96 Å². The number of nitrogens with one attached hydrogen (secondary N) is 5. The molecule has 11 N–H and O–H groups in total. The van der Waals surface area contributed by atoms with Crippen LogP contribution in [0.5, 0.6) is 0 Å². The maximum absolute atomic E-state index is 13.4. The van der Waals surface area contributed by atoms with E-state index >= 15 is 0 Å². The van der Waals surface area contributed by atoms with Crippen LogP contribution in [0.3, 0.4) is 0 Å². The summed E-state index contributed by atoms with van der Waals surface area (Å²) in [5.74, 6) is -4.97. The third kappa shape index (κ3) is 9.20. The Morgan fingerprint density at radius 3 is 2.37 bits per heavy atom. The topological polar surface area (TPSA) is 254 Å². The van der Waals surface area contributed by atoms with E-state index in [9.17, 15) is 34.2 Å². The molecule has 0 bridgehead atoms. The van der Waals surface area contributed by atoms with Crippen molar-refractivity contribution in [2.45, 2.75) is 62.7 Å². The molecule has 3 rings (SSSR count). The van der Waals surface area contributed by atoms with Crippen molar-refractivity contribution in [3.05, 3.63) is 36.0 Å². The standard InChI is InChI=1S/C26H36N8O7/c27-26(28)30-10-4-8-18(25(40)41)32-23(38)19(11-14-13-31-16-6-2-1-5-15(14)16)33-24(39)20(12-21(35)36)34-22(37)17-7-3-9-29-17/h1-2,5-6,13,17-20,29,31H,3-4,7-12H2,(H,32,38)(H,33,39)(H,34,37)(H,35,36)(H,40,41)(H4,27,28,30). The molecule has 0 spiro atoms. The minimum absolute atomic E-state index is 0.0116. The second kappa shape index (κ2) is 14.6. The number of hydrogen-bond donors (Lipinski definition) is 9. The first-order valence-corrected chi connectivity index (χ1v) is 13.2. The molecule has 2 heterocycles. The summed E-state index contributed by atoms with van der Waals surface area (Å²) in [6, 6.07) is 2.67. The van der Waals surface area contributed by atoms with Crippen molar-refractivity contribution in [1.29, 1.82) is 0 Å². The fraction of sp³-hybridized carbons (Fsp3) is 0.462. The maximum Gasteiger partial charge on any atom is 0.326 e. The zero-order valence-corrected chi connectivity index (χ0v) is 22.4. The molecule has 1 aromatic heterocycles. The zero-order chi connectivity index (χ0) is 29.9. The number of guanidine groups is 1. The van der Waals surface area contributed by atoms with Gasteiger partial charge in [-0.25, -0.2) is 4.79 Å². The van der Waals surface area contributed by atoms with E-state index in [1.165, 1.54) is 0 Å². The summed E-state index contributed by atoms with van der Waals surface area (Å²) in [5.41, 5.74) is 12.0. The summed E-state index contributed by atoms with van der Waals surface area (Å²) in [7, 11) is 0. The largest absolute Gasteiger partial charge is 0.481 e. The first-order valence-electron chi connectivity index (χ1n) is 13.2. The van der Waals surface area contributed by atoms with E-state index in [1.807, 2.05) is 18.2 Å². The Morgan fingerprint density at radius 2 is 1.71 bits per heavy atom. The number of para-hydroxylation sites is 1. The van der Waals surface area contributed by atoms with E-state index in [2.05, 4.69) is 31.2 Å². The quantitative estimate of drug-likeness (QED) is 0.0680. The maximum atomic E-state index is 13.4. The fourth-order valence-corrected chi connectivity index (χ4v) is 4.60. The first kappa shape index (κ1) is 30.9. The van der Waals surface area contributed by atoms with Crippen molar-refractivity contribution in [2.75, 3.05) is 13.1 Å². The molecular weight excluding hydrogens is 536 g/mol. The van der Waals surface area contributed by atoms with Crippen molar-refractivity contribution < 1.29 is 34.2 Å². The third-order valence-corrected chi connectivity index (χ3v) is 6.68. The molecule has 4 unspecified atom stereocenters. The number of aliphatic imine (C=N–C) groups is 1. The lowest BCUT2D eigenvalue weighted by atomic mass is 10.0. The number of rotatable bonds is 15. The number of benzene rings is 1. The van der Waals surface area contributed by atoms with Gasteiger partial charge < -0.3 is 47.9 Å². The van der Waals surface area contributed by atoms with Crippen LogP contribution in [0.15, 0.2) is 35.5 Å². The number of hydrogen-bond acceptors (Lipinski definition) is 7. The van der Waals surface area contributed by atoms with Gasteiger partial charge in [0.05, 0.1) is 12.5 Å². The molecule has 0 saturated carbocycles. The predicted molar refractivity (Wildman–Crippen MR) is 149 cm³/mol. The van der Waals surface area contributed by atoms with Gasteiger partial charge in [-0.15, -0.1) is 0 Å². The number of carbonyl (C=O) groups is 5. The Labute approximate surface area is 235 Å². The van der Waals surface area contributed by atoms with Crippen LogP contribution in [0, 0.1) is 0 Å². The molecule has 1 aromatic carbocycles. The van der Waals surface area contributed by atoms with Gasteiger partial charge in [-0.3, -0.25) is 24.2 Å². The van der Waals surface area contributed by atoms with Gasteiger partial charge in [-0.05, 0) is 43.9 Å². The number of aromatic nitrogens is 1. The average Bonchev–Trinajstić information content (AvgIpc) is 3.60. The molecular formula is C26H36N8O7. The lowest BCUT2D eigenvalue weighted by molar-refractivity contribution is -0.143. The van der Waals surface area contributed by atoms with E-state index in [1.54, 1.807) is 12.3 Å². The summed E-state index contributed by atoms with van der Waals surface area (Å²) in [5, 5.41) is 30.3. The van der Waals surface area contributed by atoms with Gasteiger partial charge in [0.2, 0.25) is 17.7 Å². The van der Waals surface area contributed by atoms with Crippen LogP contribution in [0.4, 0.5) is 0 Å². The van der Waals surface area contributed by atoms with E-state index < -0.39 is 60.2 Å². The van der Waals surface area contributed by atoms with Gasteiger partial charge in [0.1, 0.15) is 18.1 Å². The molecule has 222 valence electrons. The number of amides is 3. The predicted octanol–water partition coefficient (Wildman–Crippen LogP) is -1.47. The SMILES string of the molecule is NC(N)=NCCCC(NC(=O)C(Cc1c[nH]c2ccccc12)NC(=O)C(CC(=O)O)NC(=O)C1CCCN1)C(=O)O. The smallest absolute Gasteiger partial charge is 0.326 e. The van der Waals surface area contributed by atoms with Crippen LogP contribution in [0.1, 0.15) is 37.7 Å². The van der Waals surface area contributed by atoms with Gasteiger partial charge in [-0.2, -0.15) is 0 Å². The Bertz CT molecular complexity index is 1280. The lowest BCUT2D eigenvalue weighted by Crippen LogP contribution is -2.58. The Morgan fingerprint density at radius 1 is 1.00 bits per heavy atom. The Hall–Kier alpha value is -4.66. The number of carboxylic acid groups (broad SMARTS) is 2. The number of fused-ring (bicyclic) bond motifs is 1. The molecule has 15 nitrogen and oxygen atoms in total. The summed E-state index contributed by atoms with van der Waals surface area (Å²) in [4.78, 5) is 69.6. The van der Waals surface area contributed by atoms with Gasteiger partial charge in [0.25, 0.3) is 0 Å². The minimum Gasteiger partial charge on any atom is -0.481 e. The summed E-state index contributed by atoms with van der Waals surface area (Å²) in [6.45, 7) is 0.779. The first-order chi connectivity index (χ1) is 19.5. The van der Waals surface area contributed by atoms with Crippen LogP contribution in [0.25, 0.3) is 10.9 Å². The number of nitrogens with two attached hydrogens (primary N) is 2. The van der Waals surface area contributed by atoms with Crippen molar-refractivity contribution in [3.8, 4) is 0 Å². The minimum atomic E-state index is -1.46. The fourth-order valence-electron chi connectivity index (χ4n) is 4.60. The second-order valence-electron chi connectivity index (χ2n) is 9.78. The monoisotopic (exact) mass is 572 g/mol. The summed E-state index contributed by atoms with van der Waals surface area (Å²) >= 11 is 0. The number of carboxylic acids is 2. The van der Waals surface area contributed by atoms with Crippen molar-refractivity contribution >= 4 is 46.5 Å². The van der Waals surface area contributed by atoms with Crippen molar-refractivity contribution in [1.82, 2.24) is 26.3 Å². The highest BCUT2D eigenvalue weighted by Crippen LogP contribution is 2.19. The summed E-state index contributed by atoms with van der Waals surface area (Å²) in [6.07, 6.45) is 2.49. The van der Waals surface area contributed by atoms with Crippen LogP contribution in [-0.4, -0.2) is 88.1 Å². The molecule has 1 saturated heterocycles.